The van der Waals surface area contributed by atoms with Crippen molar-refractivity contribution >= 4 is 17.5 Å². The van der Waals surface area contributed by atoms with E-state index in [1.165, 1.54) is 5.56 Å². The summed E-state index contributed by atoms with van der Waals surface area (Å²) >= 11 is 0. The third-order valence-corrected chi connectivity index (χ3v) is 6.58. The van der Waals surface area contributed by atoms with Gasteiger partial charge < -0.3 is 15.1 Å². The van der Waals surface area contributed by atoms with Gasteiger partial charge in [-0.3, -0.25) is 9.59 Å². The van der Waals surface area contributed by atoms with Gasteiger partial charge in [-0.2, -0.15) is 0 Å². The van der Waals surface area contributed by atoms with Crippen molar-refractivity contribution in [2.75, 3.05) is 12.4 Å². The molecule has 1 N–H and O–H groups in total. The van der Waals surface area contributed by atoms with Crippen LogP contribution in [0.1, 0.15) is 24.5 Å². The van der Waals surface area contributed by atoms with Gasteiger partial charge in [0.2, 0.25) is 11.8 Å². The van der Waals surface area contributed by atoms with E-state index in [0.29, 0.717) is 12.8 Å². The molecule has 0 saturated carbocycles. The van der Waals surface area contributed by atoms with Crippen LogP contribution in [0.2, 0.25) is 0 Å². The predicted octanol–water partition coefficient (Wildman–Crippen LogP) is 2.38. The molecule has 0 aliphatic carbocycles. The first kappa shape index (κ1) is 16.4. The number of anilines is 1. The molecular weight excluding hydrogens is 338 g/mol. The highest BCUT2D eigenvalue weighted by atomic mass is 16.2. The predicted molar refractivity (Wildman–Crippen MR) is 103 cm³/mol. The van der Waals surface area contributed by atoms with Crippen LogP contribution >= 0.6 is 0 Å². The second kappa shape index (κ2) is 5.59. The topological polar surface area (TPSA) is 52.7 Å². The summed E-state index contributed by atoms with van der Waals surface area (Å²) in [5.74, 6) is 0.0884. The zero-order valence-electron chi connectivity index (χ0n) is 15.6. The zero-order valence-corrected chi connectivity index (χ0v) is 15.6. The molecule has 3 aliphatic rings. The molecule has 0 spiro atoms. The average molecular weight is 361 g/mol. The number of piperazine rings is 1. The third-order valence-electron chi connectivity index (χ3n) is 6.58. The highest BCUT2D eigenvalue weighted by Gasteiger charge is 2.61. The number of nitrogens with zero attached hydrogens (tertiary/aromatic N) is 2. The van der Waals surface area contributed by atoms with Crippen molar-refractivity contribution in [3.8, 4) is 0 Å². The van der Waals surface area contributed by atoms with Crippen molar-refractivity contribution in [2.45, 2.75) is 43.4 Å². The molecule has 4 atom stereocenters. The summed E-state index contributed by atoms with van der Waals surface area (Å²) in [4.78, 5) is 30.1. The van der Waals surface area contributed by atoms with Gasteiger partial charge in [-0.25, -0.2) is 0 Å². The fourth-order valence-corrected chi connectivity index (χ4v) is 5.11. The van der Waals surface area contributed by atoms with Gasteiger partial charge in [0, 0.05) is 24.6 Å². The first-order valence-corrected chi connectivity index (χ1v) is 9.49. The van der Waals surface area contributed by atoms with Crippen molar-refractivity contribution < 1.29 is 9.59 Å². The minimum absolute atomic E-state index is 0.0417. The Hall–Kier alpha value is -2.82. The Bertz CT molecular complexity index is 928. The quantitative estimate of drug-likeness (QED) is 0.894. The summed E-state index contributed by atoms with van der Waals surface area (Å²) in [7, 11) is 1.77. The van der Waals surface area contributed by atoms with Crippen LogP contribution < -0.4 is 5.32 Å². The van der Waals surface area contributed by atoms with Gasteiger partial charge >= 0.3 is 0 Å². The maximum Gasteiger partial charge on any atom is 0.248 e. The summed E-state index contributed by atoms with van der Waals surface area (Å²) in [6, 6.07) is 17.3. The number of para-hydroxylation sites is 1. The van der Waals surface area contributed by atoms with E-state index in [-0.39, 0.29) is 29.4 Å². The molecule has 5 nitrogen and oxygen atoms in total. The Morgan fingerprint density at radius 3 is 2.52 bits per heavy atom. The molecule has 3 heterocycles. The van der Waals surface area contributed by atoms with Crippen LogP contribution in [0.4, 0.5) is 5.69 Å². The Morgan fingerprint density at radius 2 is 1.74 bits per heavy atom. The summed E-state index contributed by atoms with van der Waals surface area (Å²) < 4.78 is 0. The normalized spacial score (nSPS) is 31.4. The highest BCUT2D eigenvalue weighted by Crippen LogP contribution is 2.52. The minimum Gasteiger partial charge on any atom is -0.364 e. The number of nitrogens with one attached hydrogen (secondary N) is 1. The Kier molecular flexibility index (Phi) is 3.39. The average Bonchev–Trinajstić information content (AvgIpc) is 3.13. The molecule has 27 heavy (non-hydrogen) atoms. The second-order valence-corrected chi connectivity index (χ2v) is 8.13. The van der Waals surface area contributed by atoms with E-state index in [1.54, 1.807) is 11.9 Å². The van der Waals surface area contributed by atoms with E-state index >= 15 is 0 Å². The van der Waals surface area contributed by atoms with Crippen molar-refractivity contribution in [3.63, 3.8) is 0 Å². The monoisotopic (exact) mass is 361 g/mol. The van der Waals surface area contributed by atoms with Crippen LogP contribution in [0.25, 0.3) is 0 Å². The van der Waals surface area contributed by atoms with Gasteiger partial charge in [-0.05, 0) is 23.6 Å². The molecule has 0 bridgehead atoms. The summed E-state index contributed by atoms with van der Waals surface area (Å²) in [6.45, 7) is 2.17. The van der Waals surface area contributed by atoms with Crippen LogP contribution in [0.15, 0.2) is 54.6 Å². The van der Waals surface area contributed by atoms with Crippen LogP contribution in [0, 0.1) is 0 Å². The largest absolute Gasteiger partial charge is 0.364 e. The van der Waals surface area contributed by atoms with Gasteiger partial charge in [0.15, 0.2) is 0 Å². The summed E-state index contributed by atoms with van der Waals surface area (Å²) in [5, 5.41) is 3.52. The lowest BCUT2D eigenvalue weighted by Crippen LogP contribution is -2.64. The van der Waals surface area contributed by atoms with E-state index in [1.807, 2.05) is 47.4 Å². The standard InChI is InChI=1S/C22H23N3O2/c1-22-13-18-19(26)24(2)17(12-14-8-4-3-5-9-14)20(27)25(18)21(22)23-16-11-7-6-10-15(16)22/h3-11,17-18,21,23H,12-13H2,1-2H3. The number of carbonyl (C=O) groups is 2. The van der Waals surface area contributed by atoms with Crippen molar-refractivity contribution in [2.24, 2.45) is 0 Å². The number of benzene rings is 2. The first-order valence-electron chi connectivity index (χ1n) is 9.49. The molecular formula is C22H23N3O2. The van der Waals surface area contributed by atoms with E-state index in [0.717, 1.165) is 11.3 Å². The van der Waals surface area contributed by atoms with Crippen LogP contribution in [-0.4, -0.2) is 46.9 Å². The maximum absolute atomic E-state index is 13.5. The number of amides is 2. The molecule has 2 fully saturated rings. The van der Waals surface area contributed by atoms with E-state index in [2.05, 4.69) is 24.4 Å². The first-order chi connectivity index (χ1) is 13.0. The lowest BCUT2D eigenvalue weighted by Gasteiger charge is -2.42. The number of hydrogen-bond donors (Lipinski definition) is 1. The fourth-order valence-electron chi connectivity index (χ4n) is 5.11. The lowest BCUT2D eigenvalue weighted by molar-refractivity contribution is -0.159. The Morgan fingerprint density at radius 1 is 1.04 bits per heavy atom. The Labute approximate surface area is 159 Å². The fraction of sp³-hybridized carbons (Fsp3) is 0.364. The van der Waals surface area contributed by atoms with Gasteiger partial charge in [-0.15, -0.1) is 0 Å². The van der Waals surface area contributed by atoms with Gasteiger partial charge in [0.1, 0.15) is 18.2 Å². The number of carbonyl (C=O) groups excluding carboxylic acids is 2. The lowest BCUT2D eigenvalue weighted by atomic mass is 9.80. The number of rotatable bonds is 2. The van der Waals surface area contributed by atoms with Crippen molar-refractivity contribution in [3.05, 3.63) is 65.7 Å². The van der Waals surface area contributed by atoms with Gasteiger partial charge in [-0.1, -0.05) is 55.5 Å². The SMILES string of the molecule is CN1C(=O)C2CC3(C)c4ccccc4NC3N2C(=O)C1Cc1ccccc1. The molecule has 0 radical (unpaired) electrons. The minimum atomic E-state index is -0.455. The third kappa shape index (κ3) is 2.17. The number of hydrogen-bond acceptors (Lipinski definition) is 3. The molecule has 2 amide bonds. The smallest absolute Gasteiger partial charge is 0.248 e. The zero-order chi connectivity index (χ0) is 18.8. The molecule has 0 aromatic heterocycles. The molecule has 2 aromatic rings. The highest BCUT2D eigenvalue weighted by molar-refractivity contribution is 5.98. The van der Waals surface area contributed by atoms with Gasteiger partial charge in [0.25, 0.3) is 0 Å². The van der Waals surface area contributed by atoms with Gasteiger partial charge in [0.05, 0.1) is 0 Å². The van der Waals surface area contributed by atoms with Crippen LogP contribution in [0.5, 0.6) is 0 Å². The van der Waals surface area contributed by atoms with Crippen LogP contribution in [0.3, 0.4) is 0 Å². The Balaban J connectivity index is 1.51. The molecule has 3 aliphatic heterocycles. The summed E-state index contributed by atoms with van der Waals surface area (Å²) in [5.41, 5.74) is 3.10. The van der Waals surface area contributed by atoms with Crippen LogP contribution in [-0.2, 0) is 21.4 Å². The number of fused-ring (bicyclic) bond motifs is 5. The van der Waals surface area contributed by atoms with E-state index in [4.69, 9.17) is 0 Å². The molecule has 138 valence electrons. The van der Waals surface area contributed by atoms with E-state index in [9.17, 15) is 9.59 Å². The van der Waals surface area contributed by atoms with Crippen molar-refractivity contribution in [1.29, 1.82) is 0 Å². The second-order valence-electron chi connectivity index (χ2n) is 8.13. The molecule has 2 saturated heterocycles. The maximum atomic E-state index is 13.5. The molecule has 4 unspecified atom stereocenters. The van der Waals surface area contributed by atoms with Crippen molar-refractivity contribution in [1.82, 2.24) is 9.80 Å². The van der Waals surface area contributed by atoms with E-state index < -0.39 is 6.04 Å². The summed E-state index contributed by atoms with van der Waals surface area (Å²) in [6.07, 6.45) is 1.04. The molecule has 5 rings (SSSR count). The molecule has 2 aromatic carbocycles. The number of likely N-dealkylation sites (N-methyl/N-ethyl adjacent to an activating group) is 1. The molecule has 5 heteroatoms.